The van der Waals surface area contributed by atoms with E-state index in [0.29, 0.717) is 12.1 Å². The van der Waals surface area contributed by atoms with Crippen LogP contribution in [0.5, 0.6) is 5.75 Å². The van der Waals surface area contributed by atoms with Crippen LogP contribution in [0.4, 0.5) is 0 Å². The van der Waals surface area contributed by atoms with E-state index in [4.69, 9.17) is 4.74 Å². The van der Waals surface area contributed by atoms with E-state index in [9.17, 15) is 0 Å². The van der Waals surface area contributed by atoms with Crippen molar-refractivity contribution < 1.29 is 4.74 Å². The summed E-state index contributed by atoms with van der Waals surface area (Å²) in [5, 5.41) is 3.67. The molecule has 1 N–H and O–H groups in total. The highest BCUT2D eigenvalue weighted by atomic mass is 79.9. The lowest BCUT2D eigenvalue weighted by Gasteiger charge is -2.33. The number of ether oxygens (including phenoxy) is 1. The van der Waals surface area contributed by atoms with Gasteiger partial charge < -0.3 is 10.1 Å². The van der Waals surface area contributed by atoms with E-state index in [1.54, 1.807) is 0 Å². The number of fused-ring (bicyclic) bond motifs is 1. The topological polar surface area (TPSA) is 21.3 Å². The third kappa shape index (κ3) is 4.23. The van der Waals surface area contributed by atoms with Crippen LogP contribution in [-0.2, 0) is 0 Å². The average molecular weight is 340 g/mol. The van der Waals surface area contributed by atoms with Gasteiger partial charge in [0.2, 0.25) is 0 Å². The number of rotatable bonds is 7. The van der Waals surface area contributed by atoms with E-state index >= 15 is 0 Å². The van der Waals surface area contributed by atoms with Gasteiger partial charge in [-0.3, -0.25) is 0 Å². The molecule has 0 saturated heterocycles. The van der Waals surface area contributed by atoms with Gasteiger partial charge in [0, 0.05) is 22.5 Å². The Balaban J connectivity index is 2.07. The summed E-state index contributed by atoms with van der Waals surface area (Å²) in [4.78, 5) is 0. The second kappa shape index (κ2) is 8.04. The van der Waals surface area contributed by atoms with Crippen LogP contribution < -0.4 is 10.1 Å². The van der Waals surface area contributed by atoms with Gasteiger partial charge in [0.1, 0.15) is 11.9 Å². The first-order chi connectivity index (χ1) is 9.74. The quantitative estimate of drug-likeness (QED) is 0.687. The molecule has 0 bridgehead atoms. The molecule has 2 rings (SSSR count). The molecular weight excluding hydrogens is 314 g/mol. The summed E-state index contributed by atoms with van der Waals surface area (Å²) in [6, 6.07) is 6.81. The maximum atomic E-state index is 6.18. The standard InChI is InChI=1S/C17H26BrNO/c1-3-5-6-7-14-12-16(19-10-4-2)15-11-13(18)8-9-17(15)20-14/h8-9,11,14,16,19H,3-7,10,12H2,1-2H3. The molecule has 1 heterocycles. The van der Waals surface area contributed by atoms with Crippen molar-refractivity contribution in [2.24, 2.45) is 0 Å². The summed E-state index contributed by atoms with van der Waals surface area (Å²) in [6.45, 7) is 5.53. The van der Waals surface area contributed by atoms with E-state index in [1.165, 1.54) is 37.7 Å². The molecule has 1 aliphatic heterocycles. The molecule has 0 aliphatic carbocycles. The molecule has 3 heteroatoms. The molecule has 2 atom stereocenters. The van der Waals surface area contributed by atoms with Crippen LogP contribution >= 0.6 is 15.9 Å². The zero-order valence-corrected chi connectivity index (χ0v) is 14.2. The fraction of sp³-hybridized carbons (Fsp3) is 0.647. The lowest BCUT2D eigenvalue weighted by molar-refractivity contribution is 0.138. The number of hydrogen-bond donors (Lipinski definition) is 1. The maximum absolute atomic E-state index is 6.18. The second-order valence-electron chi connectivity index (χ2n) is 5.66. The molecule has 0 amide bonds. The minimum absolute atomic E-state index is 0.365. The molecule has 20 heavy (non-hydrogen) atoms. The van der Waals surface area contributed by atoms with Crippen LogP contribution in [0.2, 0.25) is 0 Å². The molecular formula is C17H26BrNO. The van der Waals surface area contributed by atoms with Gasteiger partial charge in [-0.1, -0.05) is 42.6 Å². The summed E-state index contributed by atoms with van der Waals surface area (Å²) in [5.41, 5.74) is 1.31. The highest BCUT2D eigenvalue weighted by molar-refractivity contribution is 9.10. The first-order valence-electron chi connectivity index (χ1n) is 7.94. The van der Waals surface area contributed by atoms with Gasteiger partial charge in [0.15, 0.2) is 0 Å². The molecule has 1 aliphatic rings. The van der Waals surface area contributed by atoms with Gasteiger partial charge in [0.25, 0.3) is 0 Å². The molecule has 1 aromatic rings. The van der Waals surface area contributed by atoms with Crippen LogP contribution in [0.15, 0.2) is 22.7 Å². The van der Waals surface area contributed by atoms with E-state index < -0.39 is 0 Å². The molecule has 0 saturated carbocycles. The fourth-order valence-electron chi connectivity index (χ4n) is 2.83. The molecule has 0 spiro atoms. The predicted molar refractivity (Wildman–Crippen MR) is 88.4 cm³/mol. The summed E-state index contributed by atoms with van der Waals surface area (Å²) in [6.07, 6.45) is 7.65. The molecule has 2 nitrogen and oxygen atoms in total. The van der Waals surface area contributed by atoms with E-state index in [1.807, 2.05) is 0 Å². The largest absolute Gasteiger partial charge is 0.490 e. The zero-order chi connectivity index (χ0) is 14.4. The van der Waals surface area contributed by atoms with Gasteiger partial charge in [0.05, 0.1) is 0 Å². The SMILES string of the molecule is CCCCCC1CC(NCCC)c2cc(Br)ccc2O1. The number of benzene rings is 1. The monoisotopic (exact) mass is 339 g/mol. The first kappa shape index (κ1) is 15.8. The average Bonchev–Trinajstić information content (AvgIpc) is 2.45. The summed E-state index contributed by atoms with van der Waals surface area (Å²) in [7, 11) is 0. The van der Waals surface area contributed by atoms with Gasteiger partial charge in [-0.25, -0.2) is 0 Å². The molecule has 0 fully saturated rings. The molecule has 2 unspecified atom stereocenters. The molecule has 112 valence electrons. The fourth-order valence-corrected chi connectivity index (χ4v) is 3.21. The Labute approximate surface area is 131 Å². The normalized spacial score (nSPS) is 21.4. The highest BCUT2D eigenvalue weighted by Gasteiger charge is 2.27. The van der Waals surface area contributed by atoms with Gasteiger partial charge in [-0.05, 0) is 44.0 Å². The van der Waals surface area contributed by atoms with Crippen molar-refractivity contribution in [3.63, 3.8) is 0 Å². The Kier molecular flexibility index (Phi) is 6.37. The number of halogens is 1. The van der Waals surface area contributed by atoms with Crippen molar-refractivity contribution in [2.75, 3.05) is 6.54 Å². The summed E-state index contributed by atoms with van der Waals surface area (Å²) < 4.78 is 7.31. The minimum atomic E-state index is 0.365. The Morgan fingerprint density at radius 1 is 1.25 bits per heavy atom. The third-order valence-corrected chi connectivity index (χ3v) is 4.40. The predicted octanol–water partition coefficient (Wildman–Crippen LogP) is 5.22. The van der Waals surface area contributed by atoms with Gasteiger partial charge in [-0.15, -0.1) is 0 Å². The van der Waals surface area contributed by atoms with Crippen LogP contribution in [-0.4, -0.2) is 12.6 Å². The summed E-state index contributed by atoms with van der Waals surface area (Å²) in [5.74, 6) is 1.06. The van der Waals surface area contributed by atoms with Crippen molar-refractivity contribution in [1.29, 1.82) is 0 Å². The Bertz CT molecular complexity index is 421. The van der Waals surface area contributed by atoms with Crippen molar-refractivity contribution in [1.82, 2.24) is 5.32 Å². The van der Waals surface area contributed by atoms with Crippen molar-refractivity contribution >= 4 is 15.9 Å². The van der Waals surface area contributed by atoms with Crippen molar-refractivity contribution in [3.8, 4) is 5.75 Å². The number of unbranched alkanes of at least 4 members (excludes halogenated alkanes) is 2. The Hall–Kier alpha value is -0.540. The second-order valence-corrected chi connectivity index (χ2v) is 6.58. The number of nitrogens with one attached hydrogen (secondary N) is 1. The van der Waals surface area contributed by atoms with Gasteiger partial charge in [-0.2, -0.15) is 0 Å². The molecule has 0 radical (unpaired) electrons. The van der Waals surface area contributed by atoms with Crippen molar-refractivity contribution in [3.05, 3.63) is 28.2 Å². The van der Waals surface area contributed by atoms with Crippen LogP contribution in [0.1, 0.15) is 64.0 Å². The minimum Gasteiger partial charge on any atom is -0.490 e. The van der Waals surface area contributed by atoms with Gasteiger partial charge >= 0.3 is 0 Å². The van der Waals surface area contributed by atoms with E-state index in [-0.39, 0.29) is 0 Å². The first-order valence-corrected chi connectivity index (χ1v) is 8.73. The van der Waals surface area contributed by atoms with Crippen molar-refractivity contribution in [2.45, 2.75) is 64.5 Å². The van der Waals surface area contributed by atoms with Crippen LogP contribution in [0.3, 0.4) is 0 Å². The smallest absolute Gasteiger partial charge is 0.124 e. The molecule has 1 aromatic carbocycles. The lowest BCUT2D eigenvalue weighted by Crippen LogP contribution is -2.33. The zero-order valence-electron chi connectivity index (χ0n) is 12.6. The number of hydrogen-bond acceptors (Lipinski definition) is 2. The Morgan fingerprint density at radius 2 is 2.10 bits per heavy atom. The summed E-state index contributed by atoms with van der Waals surface area (Å²) >= 11 is 3.57. The van der Waals surface area contributed by atoms with E-state index in [0.717, 1.165) is 23.2 Å². The lowest BCUT2D eigenvalue weighted by atomic mass is 9.94. The third-order valence-electron chi connectivity index (χ3n) is 3.91. The highest BCUT2D eigenvalue weighted by Crippen LogP contribution is 2.37. The maximum Gasteiger partial charge on any atom is 0.124 e. The van der Waals surface area contributed by atoms with E-state index in [2.05, 4.69) is 53.3 Å². The molecule has 0 aromatic heterocycles. The van der Waals surface area contributed by atoms with Crippen LogP contribution in [0, 0.1) is 0 Å². The Morgan fingerprint density at radius 3 is 2.85 bits per heavy atom. The van der Waals surface area contributed by atoms with Crippen LogP contribution in [0.25, 0.3) is 0 Å².